The smallest absolute Gasteiger partial charge is 0.250 e. The zero-order valence-corrected chi connectivity index (χ0v) is 8.97. The summed E-state index contributed by atoms with van der Waals surface area (Å²) in [6.07, 6.45) is 3.75. The highest BCUT2D eigenvalue weighted by atomic mass is 16.1. The molecule has 0 bridgehead atoms. The quantitative estimate of drug-likeness (QED) is 0.817. The summed E-state index contributed by atoms with van der Waals surface area (Å²) in [4.78, 5) is 11.4. The van der Waals surface area contributed by atoms with Gasteiger partial charge in [-0.05, 0) is 30.3 Å². The molecule has 0 aliphatic heterocycles. The fourth-order valence-corrected chi connectivity index (χ4v) is 1.61. The molecule has 0 saturated carbocycles. The first-order chi connectivity index (χ1) is 7.72. The molecule has 0 saturated heterocycles. The van der Waals surface area contributed by atoms with E-state index >= 15 is 0 Å². The lowest BCUT2D eigenvalue weighted by molar-refractivity contribution is 0.100. The molecule has 0 radical (unpaired) electrons. The Kier molecular flexibility index (Phi) is 2.64. The van der Waals surface area contributed by atoms with Gasteiger partial charge in [-0.3, -0.25) is 4.79 Å². The summed E-state index contributed by atoms with van der Waals surface area (Å²) < 4.78 is 1.86. The Balaban J connectivity index is 2.57. The van der Waals surface area contributed by atoms with Crippen molar-refractivity contribution in [2.75, 3.05) is 12.4 Å². The minimum atomic E-state index is -0.430. The fourth-order valence-electron chi connectivity index (χ4n) is 1.61. The average Bonchev–Trinajstić information content (AvgIpc) is 2.81. The molecule has 1 amide bonds. The summed E-state index contributed by atoms with van der Waals surface area (Å²) in [5, 5.41) is 2.98. The number of amides is 1. The maximum Gasteiger partial charge on any atom is 0.250 e. The van der Waals surface area contributed by atoms with Crippen molar-refractivity contribution in [1.29, 1.82) is 0 Å². The number of nitrogens with two attached hydrogens (primary N) is 1. The molecule has 82 valence electrons. The van der Waals surface area contributed by atoms with Gasteiger partial charge in [0.2, 0.25) is 0 Å². The summed E-state index contributed by atoms with van der Waals surface area (Å²) in [6, 6.07) is 9.32. The van der Waals surface area contributed by atoms with E-state index in [1.165, 1.54) is 0 Å². The van der Waals surface area contributed by atoms with E-state index in [4.69, 9.17) is 5.73 Å². The van der Waals surface area contributed by atoms with Gasteiger partial charge >= 0.3 is 0 Å². The average molecular weight is 215 g/mol. The predicted molar refractivity (Wildman–Crippen MR) is 63.8 cm³/mol. The van der Waals surface area contributed by atoms with E-state index in [-0.39, 0.29) is 0 Å². The molecule has 0 aliphatic rings. The predicted octanol–water partition coefficient (Wildman–Crippen LogP) is 1.62. The Morgan fingerprint density at radius 2 is 2.00 bits per heavy atom. The van der Waals surface area contributed by atoms with Crippen LogP contribution in [-0.4, -0.2) is 17.5 Å². The van der Waals surface area contributed by atoms with Crippen LogP contribution >= 0.6 is 0 Å². The highest BCUT2D eigenvalue weighted by Gasteiger charge is 2.09. The number of rotatable bonds is 3. The minimum Gasteiger partial charge on any atom is -0.388 e. The summed E-state index contributed by atoms with van der Waals surface area (Å²) in [5.74, 6) is -0.430. The Hall–Kier alpha value is -2.23. The number of anilines is 1. The van der Waals surface area contributed by atoms with E-state index in [1.54, 1.807) is 13.1 Å². The second kappa shape index (κ2) is 4.10. The zero-order valence-electron chi connectivity index (χ0n) is 8.97. The van der Waals surface area contributed by atoms with Gasteiger partial charge in [0.1, 0.15) is 0 Å². The summed E-state index contributed by atoms with van der Waals surface area (Å²) in [6.45, 7) is 0. The van der Waals surface area contributed by atoms with Crippen molar-refractivity contribution in [3.05, 3.63) is 48.3 Å². The Morgan fingerprint density at radius 3 is 2.56 bits per heavy atom. The van der Waals surface area contributed by atoms with Crippen molar-refractivity contribution in [1.82, 2.24) is 4.57 Å². The maximum atomic E-state index is 11.4. The van der Waals surface area contributed by atoms with Crippen LogP contribution in [0.3, 0.4) is 0 Å². The molecule has 2 aromatic rings. The van der Waals surface area contributed by atoms with Crippen LogP contribution in [0.5, 0.6) is 0 Å². The SMILES string of the molecule is CNc1ccc(-n2cccc2)c(C(N)=O)c1. The third kappa shape index (κ3) is 1.77. The number of nitrogens with one attached hydrogen (secondary N) is 1. The van der Waals surface area contributed by atoms with Gasteiger partial charge in [0.15, 0.2) is 0 Å². The van der Waals surface area contributed by atoms with E-state index in [0.29, 0.717) is 5.56 Å². The zero-order chi connectivity index (χ0) is 11.5. The van der Waals surface area contributed by atoms with Gasteiger partial charge in [0.25, 0.3) is 5.91 Å². The summed E-state index contributed by atoms with van der Waals surface area (Å²) in [7, 11) is 1.80. The first kappa shape index (κ1) is 10.3. The van der Waals surface area contributed by atoms with Crippen molar-refractivity contribution in [2.45, 2.75) is 0 Å². The van der Waals surface area contributed by atoms with Gasteiger partial charge in [0, 0.05) is 25.1 Å². The molecule has 16 heavy (non-hydrogen) atoms. The first-order valence-corrected chi connectivity index (χ1v) is 4.97. The molecule has 4 heteroatoms. The van der Waals surface area contributed by atoms with Crippen molar-refractivity contribution in [3.8, 4) is 5.69 Å². The number of primary amides is 1. The Labute approximate surface area is 93.7 Å². The first-order valence-electron chi connectivity index (χ1n) is 4.97. The third-order valence-electron chi connectivity index (χ3n) is 2.43. The van der Waals surface area contributed by atoms with Gasteiger partial charge in [-0.25, -0.2) is 0 Å². The minimum absolute atomic E-state index is 0.430. The van der Waals surface area contributed by atoms with Crippen LogP contribution in [0.1, 0.15) is 10.4 Å². The number of carbonyl (C=O) groups excluding carboxylic acids is 1. The molecular formula is C12H13N3O. The van der Waals surface area contributed by atoms with Crippen LogP contribution < -0.4 is 11.1 Å². The lowest BCUT2D eigenvalue weighted by atomic mass is 10.1. The molecule has 1 heterocycles. The van der Waals surface area contributed by atoms with E-state index in [0.717, 1.165) is 11.4 Å². The number of hydrogen-bond donors (Lipinski definition) is 2. The number of carbonyl (C=O) groups is 1. The topological polar surface area (TPSA) is 60.1 Å². The third-order valence-corrected chi connectivity index (χ3v) is 2.43. The molecule has 0 aliphatic carbocycles. The van der Waals surface area contributed by atoms with Gasteiger partial charge in [-0.15, -0.1) is 0 Å². The number of hydrogen-bond acceptors (Lipinski definition) is 2. The van der Waals surface area contributed by atoms with Gasteiger partial charge in [-0.2, -0.15) is 0 Å². The van der Waals surface area contributed by atoms with E-state index in [9.17, 15) is 4.79 Å². The molecule has 4 nitrogen and oxygen atoms in total. The van der Waals surface area contributed by atoms with Crippen molar-refractivity contribution in [2.24, 2.45) is 5.73 Å². The fraction of sp³-hybridized carbons (Fsp3) is 0.0833. The second-order valence-electron chi connectivity index (χ2n) is 3.44. The Morgan fingerprint density at radius 1 is 1.31 bits per heavy atom. The molecule has 0 unspecified atom stereocenters. The maximum absolute atomic E-state index is 11.4. The Bertz CT molecular complexity index is 503. The highest BCUT2D eigenvalue weighted by molar-refractivity contribution is 5.97. The van der Waals surface area contributed by atoms with Gasteiger partial charge in [0.05, 0.1) is 11.3 Å². The van der Waals surface area contributed by atoms with Crippen molar-refractivity contribution in [3.63, 3.8) is 0 Å². The molecule has 1 aromatic carbocycles. The van der Waals surface area contributed by atoms with Crippen LogP contribution in [0.4, 0.5) is 5.69 Å². The van der Waals surface area contributed by atoms with Gasteiger partial charge < -0.3 is 15.6 Å². The lowest BCUT2D eigenvalue weighted by Gasteiger charge is -2.10. The largest absolute Gasteiger partial charge is 0.388 e. The number of benzene rings is 1. The molecule has 3 N–H and O–H groups in total. The molecule has 2 rings (SSSR count). The normalized spacial score (nSPS) is 10.1. The monoisotopic (exact) mass is 215 g/mol. The molecule has 0 atom stereocenters. The number of nitrogens with zero attached hydrogens (tertiary/aromatic N) is 1. The second-order valence-corrected chi connectivity index (χ2v) is 3.44. The van der Waals surface area contributed by atoms with Crippen LogP contribution in [0.25, 0.3) is 5.69 Å². The molecule has 1 aromatic heterocycles. The van der Waals surface area contributed by atoms with Crippen molar-refractivity contribution >= 4 is 11.6 Å². The highest BCUT2D eigenvalue weighted by Crippen LogP contribution is 2.19. The van der Waals surface area contributed by atoms with Crippen molar-refractivity contribution < 1.29 is 4.79 Å². The summed E-state index contributed by atoms with van der Waals surface area (Å²) >= 11 is 0. The molecule has 0 fully saturated rings. The van der Waals surface area contributed by atoms with E-state index in [1.807, 2.05) is 41.2 Å². The van der Waals surface area contributed by atoms with E-state index in [2.05, 4.69) is 5.32 Å². The van der Waals surface area contributed by atoms with Crippen LogP contribution in [-0.2, 0) is 0 Å². The van der Waals surface area contributed by atoms with Gasteiger partial charge in [-0.1, -0.05) is 0 Å². The lowest BCUT2D eigenvalue weighted by Crippen LogP contribution is -2.14. The molecular weight excluding hydrogens is 202 g/mol. The molecule has 0 spiro atoms. The standard InChI is InChI=1S/C12H13N3O/c1-14-9-4-5-11(10(8-9)12(13)16)15-6-2-3-7-15/h2-8,14H,1H3,(H2,13,16). The van der Waals surface area contributed by atoms with Crippen LogP contribution in [0.2, 0.25) is 0 Å². The number of aromatic nitrogens is 1. The van der Waals surface area contributed by atoms with E-state index < -0.39 is 5.91 Å². The van der Waals surface area contributed by atoms with Crippen LogP contribution in [0, 0.1) is 0 Å². The van der Waals surface area contributed by atoms with Crippen LogP contribution in [0.15, 0.2) is 42.7 Å². The summed E-state index contributed by atoms with van der Waals surface area (Å²) in [5.41, 5.74) is 7.52.